The van der Waals surface area contributed by atoms with Crippen molar-refractivity contribution in [2.24, 2.45) is 0 Å². The second kappa shape index (κ2) is 7.31. The molecule has 0 N–H and O–H groups in total. The van der Waals surface area contributed by atoms with Crippen molar-refractivity contribution in [2.75, 3.05) is 19.8 Å². The van der Waals surface area contributed by atoms with Crippen LogP contribution in [0, 0.1) is 0 Å². The molecule has 0 radical (unpaired) electrons. The van der Waals surface area contributed by atoms with Crippen LogP contribution in [0.4, 0.5) is 0 Å². The number of benzene rings is 1. The molecular weight excluding hydrogens is 254 g/mol. The first-order chi connectivity index (χ1) is 9.78. The molecule has 110 valence electrons. The summed E-state index contributed by atoms with van der Waals surface area (Å²) in [6.07, 6.45) is 1.86. The summed E-state index contributed by atoms with van der Waals surface area (Å²) >= 11 is 0. The molecule has 0 aliphatic heterocycles. The van der Waals surface area contributed by atoms with E-state index in [1.165, 1.54) is 5.39 Å². The molecular formula is C16H23NO3. The Morgan fingerprint density at radius 2 is 1.75 bits per heavy atom. The Hall–Kier alpha value is -1.52. The summed E-state index contributed by atoms with van der Waals surface area (Å²) in [6.45, 7) is 8.63. The second-order valence-electron chi connectivity index (χ2n) is 4.46. The third-order valence-electron chi connectivity index (χ3n) is 3.10. The molecule has 4 nitrogen and oxygen atoms in total. The molecule has 0 bridgehead atoms. The predicted octanol–water partition coefficient (Wildman–Crippen LogP) is 3.44. The van der Waals surface area contributed by atoms with Crippen molar-refractivity contribution in [3.63, 3.8) is 0 Å². The lowest BCUT2D eigenvalue weighted by molar-refractivity contribution is -0.143. The maximum atomic E-state index is 5.60. The first-order valence-corrected chi connectivity index (χ1v) is 7.23. The van der Waals surface area contributed by atoms with E-state index in [4.69, 9.17) is 14.2 Å². The standard InChI is InChI=1S/C16H23NO3/c1-4-18-14-7-8-15-13(11-14)9-10-17(15)12-16(19-5-2)20-6-3/h7-11,16H,4-6,12H2,1-3H3. The van der Waals surface area contributed by atoms with Crippen LogP contribution in [-0.4, -0.2) is 30.7 Å². The minimum absolute atomic E-state index is 0.202. The van der Waals surface area contributed by atoms with Gasteiger partial charge < -0.3 is 18.8 Å². The van der Waals surface area contributed by atoms with Gasteiger partial charge in [-0.1, -0.05) is 0 Å². The summed E-state index contributed by atoms with van der Waals surface area (Å²) < 4.78 is 18.9. The number of hydrogen-bond donors (Lipinski definition) is 0. The van der Waals surface area contributed by atoms with Crippen LogP contribution >= 0.6 is 0 Å². The highest BCUT2D eigenvalue weighted by atomic mass is 16.7. The monoisotopic (exact) mass is 277 g/mol. The van der Waals surface area contributed by atoms with E-state index in [1.54, 1.807) is 0 Å². The van der Waals surface area contributed by atoms with Gasteiger partial charge in [-0.25, -0.2) is 0 Å². The van der Waals surface area contributed by atoms with Gasteiger partial charge in [-0.05, 0) is 45.0 Å². The highest BCUT2D eigenvalue weighted by molar-refractivity contribution is 5.81. The van der Waals surface area contributed by atoms with E-state index in [0.717, 1.165) is 11.3 Å². The van der Waals surface area contributed by atoms with E-state index >= 15 is 0 Å². The van der Waals surface area contributed by atoms with Crippen molar-refractivity contribution in [3.05, 3.63) is 30.5 Å². The minimum atomic E-state index is -0.202. The first-order valence-electron chi connectivity index (χ1n) is 7.23. The number of aromatic nitrogens is 1. The van der Waals surface area contributed by atoms with Gasteiger partial charge in [0.15, 0.2) is 6.29 Å². The van der Waals surface area contributed by atoms with Crippen LogP contribution in [-0.2, 0) is 16.0 Å². The van der Waals surface area contributed by atoms with E-state index in [-0.39, 0.29) is 6.29 Å². The van der Waals surface area contributed by atoms with Crippen molar-refractivity contribution < 1.29 is 14.2 Å². The maximum Gasteiger partial charge on any atom is 0.175 e. The molecule has 2 rings (SSSR count). The zero-order chi connectivity index (χ0) is 14.4. The molecule has 2 aromatic rings. The van der Waals surface area contributed by atoms with Gasteiger partial charge in [-0.3, -0.25) is 0 Å². The van der Waals surface area contributed by atoms with Gasteiger partial charge in [0.1, 0.15) is 5.75 Å². The molecule has 4 heteroatoms. The minimum Gasteiger partial charge on any atom is -0.494 e. The Morgan fingerprint density at radius 1 is 1.00 bits per heavy atom. The van der Waals surface area contributed by atoms with Crippen LogP contribution in [0.15, 0.2) is 30.5 Å². The topological polar surface area (TPSA) is 32.6 Å². The van der Waals surface area contributed by atoms with Gasteiger partial charge >= 0.3 is 0 Å². The lowest BCUT2D eigenvalue weighted by Crippen LogP contribution is -2.23. The Labute approximate surface area is 120 Å². The molecule has 0 spiro atoms. The van der Waals surface area contributed by atoms with Crippen molar-refractivity contribution in [1.29, 1.82) is 0 Å². The summed E-state index contributed by atoms with van der Waals surface area (Å²) in [5.74, 6) is 0.906. The third kappa shape index (κ3) is 3.52. The van der Waals surface area contributed by atoms with E-state index in [0.29, 0.717) is 26.4 Å². The van der Waals surface area contributed by atoms with Gasteiger partial charge in [0.2, 0.25) is 0 Å². The molecule has 1 aromatic carbocycles. The van der Waals surface area contributed by atoms with Crippen LogP contribution in [0.3, 0.4) is 0 Å². The zero-order valence-corrected chi connectivity index (χ0v) is 12.5. The van der Waals surface area contributed by atoms with E-state index in [9.17, 15) is 0 Å². The van der Waals surface area contributed by atoms with Gasteiger partial charge in [0.05, 0.1) is 13.2 Å². The summed E-state index contributed by atoms with van der Waals surface area (Å²) in [5, 5.41) is 1.17. The van der Waals surface area contributed by atoms with E-state index in [1.807, 2.05) is 26.8 Å². The molecule has 0 fully saturated rings. The van der Waals surface area contributed by atoms with Crippen LogP contribution in [0.2, 0.25) is 0 Å². The molecule has 0 unspecified atom stereocenters. The van der Waals surface area contributed by atoms with E-state index < -0.39 is 0 Å². The molecule has 0 saturated heterocycles. The van der Waals surface area contributed by atoms with Crippen LogP contribution < -0.4 is 4.74 Å². The fourth-order valence-electron chi connectivity index (χ4n) is 2.28. The molecule has 0 amide bonds. The van der Waals surface area contributed by atoms with Crippen molar-refractivity contribution in [3.8, 4) is 5.75 Å². The van der Waals surface area contributed by atoms with Gasteiger partial charge in [-0.15, -0.1) is 0 Å². The Bertz CT molecular complexity index is 530. The lowest BCUT2D eigenvalue weighted by atomic mass is 10.2. The summed E-state index contributed by atoms with van der Waals surface area (Å²) in [6, 6.07) is 8.23. The quantitative estimate of drug-likeness (QED) is 0.693. The largest absolute Gasteiger partial charge is 0.494 e. The highest BCUT2D eigenvalue weighted by Crippen LogP contribution is 2.22. The lowest BCUT2D eigenvalue weighted by Gasteiger charge is -2.18. The molecule has 0 aliphatic rings. The number of nitrogens with zero attached hydrogens (tertiary/aromatic N) is 1. The molecule has 20 heavy (non-hydrogen) atoms. The SMILES string of the molecule is CCOc1ccc2c(ccn2CC(OCC)OCC)c1. The fraction of sp³-hybridized carbons (Fsp3) is 0.500. The number of fused-ring (bicyclic) bond motifs is 1. The normalized spacial score (nSPS) is 11.4. The Balaban J connectivity index is 2.17. The van der Waals surface area contributed by atoms with Crippen LogP contribution in [0.25, 0.3) is 10.9 Å². The number of hydrogen-bond acceptors (Lipinski definition) is 3. The van der Waals surface area contributed by atoms with Gasteiger partial charge in [0, 0.05) is 30.3 Å². The summed E-state index contributed by atoms with van der Waals surface area (Å²) in [4.78, 5) is 0. The van der Waals surface area contributed by atoms with E-state index in [2.05, 4.69) is 29.0 Å². The highest BCUT2D eigenvalue weighted by Gasteiger charge is 2.11. The fourth-order valence-corrected chi connectivity index (χ4v) is 2.28. The van der Waals surface area contributed by atoms with Crippen molar-refractivity contribution in [1.82, 2.24) is 4.57 Å². The summed E-state index contributed by atoms with van der Waals surface area (Å²) in [7, 11) is 0. The molecule has 0 aliphatic carbocycles. The molecule has 0 saturated carbocycles. The van der Waals surface area contributed by atoms with Crippen molar-refractivity contribution in [2.45, 2.75) is 33.6 Å². The number of ether oxygens (including phenoxy) is 3. The van der Waals surface area contributed by atoms with Crippen molar-refractivity contribution >= 4 is 10.9 Å². The smallest absolute Gasteiger partial charge is 0.175 e. The zero-order valence-electron chi connectivity index (χ0n) is 12.5. The maximum absolute atomic E-state index is 5.60. The summed E-state index contributed by atoms with van der Waals surface area (Å²) in [5.41, 5.74) is 1.16. The average Bonchev–Trinajstić information content (AvgIpc) is 2.82. The molecule has 1 aromatic heterocycles. The number of rotatable bonds is 8. The average molecular weight is 277 g/mol. The predicted molar refractivity (Wildman–Crippen MR) is 80.1 cm³/mol. The molecule has 1 heterocycles. The van der Waals surface area contributed by atoms with Gasteiger partial charge in [0.25, 0.3) is 0 Å². The Morgan fingerprint density at radius 3 is 2.40 bits per heavy atom. The first kappa shape index (κ1) is 14.9. The molecule has 0 atom stereocenters. The Kier molecular flexibility index (Phi) is 5.44. The second-order valence-corrected chi connectivity index (χ2v) is 4.46. The van der Waals surface area contributed by atoms with Gasteiger partial charge in [-0.2, -0.15) is 0 Å². The van der Waals surface area contributed by atoms with Crippen LogP contribution in [0.1, 0.15) is 20.8 Å². The van der Waals surface area contributed by atoms with Crippen LogP contribution in [0.5, 0.6) is 5.75 Å². The third-order valence-corrected chi connectivity index (χ3v) is 3.10.